The summed E-state index contributed by atoms with van der Waals surface area (Å²) < 4.78 is 23.6. The Balaban J connectivity index is 0.000000277. The van der Waals surface area contributed by atoms with Gasteiger partial charge in [0, 0.05) is 18.5 Å². The predicted molar refractivity (Wildman–Crippen MR) is 208 cm³/mol. The second-order valence-electron chi connectivity index (χ2n) is 11.1. The van der Waals surface area contributed by atoms with E-state index in [0.29, 0.717) is 32.4 Å². The highest BCUT2D eigenvalue weighted by atomic mass is 127. The van der Waals surface area contributed by atoms with E-state index in [1.165, 1.54) is 63.3 Å². The number of anilines is 1. The van der Waals surface area contributed by atoms with E-state index in [2.05, 4.69) is 13.9 Å². The van der Waals surface area contributed by atoms with E-state index in [0.717, 1.165) is 0 Å². The molecule has 0 aliphatic carbocycles. The Labute approximate surface area is 362 Å². The van der Waals surface area contributed by atoms with Gasteiger partial charge in [0.05, 0.1) is 64.8 Å². The number of Topliss-reactive ketones (excluding diaryl/α,β-unsaturated/α-hetero) is 2. The third-order valence-electron chi connectivity index (χ3n) is 7.15. The molecule has 0 unspecified atom stereocenters. The number of esters is 2. The number of rotatable bonds is 10. The lowest BCUT2D eigenvalue weighted by Crippen LogP contribution is -3.00. The number of ketones is 2. The molecule has 6 rings (SSSR count). The van der Waals surface area contributed by atoms with Crippen LogP contribution in [0.5, 0.6) is 0 Å². The molecular weight excluding hydrogens is 936 g/mol. The van der Waals surface area contributed by atoms with E-state index in [1.54, 1.807) is 60.7 Å². The van der Waals surface area contributed by atoms with Gasteiger partial charge in [0.1, 0.15) is 0 Å². The van der Waals surface area contributed by atoms with Crippen molar-refractivity contribution in [3.63, 3.8) is 0 Å². The number of hydrogen-bond acceptors (Lipinski definition) is 12. The lowest BCUT2D eigenvalue weighted by molar-refractivity contribution is -0.0000820. The number of ether oxygens (including phenoxy) is 2. The Bertz CT molecular complexity index is 2310. The molecule has 0 aliphatic heterocycles. The minimum absolute atomic E-state index is 0. The fourth-order valence-electron chi connectivity index (χ4n) is 4.42. The molecule has 304 valence electrons. The summed E-state index contributed by atoms with van der Waals surface area (Å²) >= 11 is 17.4. The second kappa shape index (κ2) is 24.0. The maximum absolute atomic E-state index is 11.9. The molecule has 0 saturated heterocycles. The largest absolute Gasteiger partial charge is 1.00 e. The summed E-state index contributed by atoms with van der Waals surface area (Å²) in [5.41, 5.74) is 7.72. The molecule has 3 heterocycles. The molecule has 14 nitrogen and oxygen atoms in total. The van der Waals surface area contributed by atoms with Crippen molar-refractivity contribution in [2.24, 2.45) is 0 Å². The molecule has 0 radical (unpaired) electrons. The van der Waals surface area contributed by atoms with Crippen LogP contribution >= 0.6 is 34.8 Å². The zero-order valence-electron chi connectivity index (χ0n) is 30.3. The van der Waals surface area contributed by atoms with Crippen molar-refractivity contribution < 1.29 is 85.7 Å². The Morgan fingerprint density at radius 2 is 0.931 bits per heavy atom. The molecule has 6 aromatic rings. The lowest BCUT2D eigenvalue weighted by atomic mass is 10.0. The van der Waals surface area contributed by atoms with Crippen LogP contribution in [-0.2, 0) is 22.3 Å². The average molecular weight is 968 g/mol. The van der Waals surface area contributed by atoms with Crippen molar-refractivity contribution in [1.82, 2.24) is 0 Å². The molecule has 0 bridgehead atoms. The van der Waals surface area contributed by atoms with Crippen LogP contribution in [0.1, 0.15) is 73.9 Å². The molecule has 0 fully saturated rings. The SMILES string of the molecule is COC(=O)c1cc(CC(=O)c2ccco2)ccc1Cl.COC(=O)c1cc(N)ccc1Cl.O=C(Cc1ccc(Cl)c(C(=O)O)c1)c1ccco1.O=C(O)c1ccco1.[I-]. The van der Waals surface area contributed by atoms with Crippen LogP contribution in [0.25, 0.3) is 0 Å². The first-order chi connectivity index (χ1) is 27.1. The van der Waals surface area contributed by atoms with E-state index in [4.69, 9.17) is 59.6 Å². The van der Waals surface area contributed by atoms with Gasteiger partial charge in [-0.3, -0.25) is 9.59 Å². The molecule has 0 spiro atoms. The van der Waals surface area contributed by atoms with Crippen molar-refractivity contribution in [3.8, 4) is 0 Å². The van der Waals surface area contributed by atoms with Gasteiger partial charge in [-0.15, -0.1) is 0 Å². The van der Waals surface area contributed by atoms with Gasteiger partial charge in [0.15, 0.2) is 11.5 Å². The number of carboxylic acids is 2. The van der Waals surface area contributed by atoms with Crippen molar-refractivity contribution in [2.75, 3.05) is 20.0 Å². The van der Waals surface area contributed by atoms with Crippen molar-refractivity contribution in [3.05, 3.63) is 170 Å². The molecule has 4 N–H and O–H groups in total. The van der Waals surface area contributed by atoms with Gasteiger partial charge in [0.2, 0.25) is 17.3 Å². The fourth-order valence-corrected chi connectivity index (χ4v) is 5.01. The van der Waals surface area contributed by atoms with E-state index in [9.17, 15) is 28.8 Å². The minimum Gasteiger partial charge on any atom is -1.00 e. The highest BCUT2D eigenvalue weighted by Crippen LogP contribution is 2.22. The van der Waals surface area contributed by atoms with Crippen LogP contribution in [0.2, 0.25) is 15.1 Å². The van der Waals surface area contributed by atoms with Crippen molar-refractivity contribution >= 4 is 75.9 Å². The smallest absolute Gasteiger partial charge is 0.371 e. The van der Waals surface area contributed by atoms with Gasteiger partial charge in [0.25, 0.3) is 0 Å². The average Bonchev–Trinajstić information content (AvgIpc) is 4.02. The molecule has 3 aromatic carbocycles. The number of carboxylic acid groups (broad SMARTS) is 2. The summed E-state index contributed by atoms with van der Waals surface area (Å²) in [6, 6.07) is 23.3. The maximum atomic E-state index is 11.9. The monoisotopic (exact) mass is 966 g/mol. The molecular formula is C40H32Cl3INO13-. The van der Waals surface area contributed by atoms with Crippen LogP contribution in [0.15, 0.2) is 123 Å². The van der Waals surface area contributed by atoms with Crippen LogP contribution in [0.4, 0.5) is 5.69 Å². The predicted octanol–water partition coefficient (Wildman–Crippen LogP) is 5.89. The number of aromatic carboxylic acids is 2. The number of benzene rings is 3. The Hall–Kier alpha value is -5.88. The first kappa shape index (κ1) is 48.3. The first-order valence-corrected chi connectivity index (χ1v) is 17.2. The summed E-state index contributed by atoms with van der Waals surface area (Å²) in [6.45, 7) is 0. The minimum atomic E-state index is -1.12. The van der Waals surface area contributed by atoms with Gasteiger partial charge in [-0.2, -0.15) is 0 Å². The van der Waals surface area contributed by atoms with Gasteiger partial charge < -0.3 is 62.6 Å². The number of methoxy groups -OCH3 is 2. The highest BCUT2D eigenvalue weighted by Gasteiger charge is 2.16. The lowest BCUT2D eigenvalue weighted by Gasteiger charge is -2.05. The summed E-state index contributed by atoms with van der Waals surface area (Å²) in [5.74, 6) is -3.02. The first-order valence-electron chi connectivity index (χ1n) is 16.1. The van der Waals surface area contributed by atoms with Gasteiger partial charge in [-0.05, 0) is 90.0 Å². The van der Waals surface area contributed by atoms with Crippen LogP contribution in [0, 0.1) is 0 Å². The fraction of sp³-hybridized carbons (Fsp3) is 0.100. The van der Waals surface area contributed by atoms with E-state index in [1.807, 2.05) is 0 Å². The number of nitrogens with two attached hydrogens (primary N) is 1. The number of carbonyl (C=O) groups excluding carboxylic acids is 4. The summed E-state index contributed by atoms with van der Waals surface area (Å²) in [5, 5.41) is 17.9. The van der Waals surface area contributed by atoms with Crippen LogP contribution in [-0.4, -0.2) is 59.9 Å². The topological polar surface area (TPSA) is 227 Å². The van der Waals surface area contributed by atoms with E-state index in [-0.39, 0.29) is 81.8 Å². The molecule has 18 heteroatoms. The maximum Gasteiger partial charge on any atom is 0.371 e. The molecule has 0 aliphatic rings. The number of nitrogen functional groups attached to an aromatic ring is 1. The summed E-state index contributed by atoms with van der Waals surface area (Å²) in [6.07, 6.45) is 4.38. The zero-order chi connectivity index (χ0) is 42.1. The second-order valence-corrected chi connectivity index (χ2v) is 12.3. The number of hydrogen-bond donors (Lipinski definition) is 3. The van der Waals surface area contributed by atoms with Crippen molar-refractivity contribution in [2.45, 2.75) is 12.8 Å². The van der Waals surface area contributed by atoms with E-state index < -0.39 is 23.9 Å². The third kappa shape index (κ3) is 14.9. The third-order valence-corrected chi connectivity index (χ3v) is 8.14. The summed E-state index contributed by atoms with van der Waals surface area (Å²) in [4.78, 5) is 67.0. The Morgan fingerprint density at radius 1 is 0.552 bits per heavy atom. The standard InChI is InChI=1S/C14H11ClO4.C13H9ClO4.C8H8ClNO2.C5H4O3.HI/c1-18-14(17)10-7-9(4-5-11(10)15)8-12(16)13-3-2-6-19-13;14-10-4-3-8(6-9(10)13(16)17)7-11(15)12-2-1-5-18-12;1-12-8(11)6-4-5(10)2-3-7(6)9;6-5(7)4-2-1-3-8-4;/h2-7H,8H2,1H3;1-6H,7H2,(H,16,17);2-4H,10H2,1H3;1-3H,(H,6,7);1H/p-1. The molecule has 0 atom stereocenters. The normalized spacial score (nSPS) is 9.74. The molecule has 0 saturated carbocycles. The molecule has 0 amide bonds. The number of carbonyl (C=O) groups is 6. The van der Waals surface area contributed by atoms with Crippen molar-refractivity contribution in [1.29, 1.82) is 0 Å². The van der Waals surface area contributed by atoms with Gasteiger partial charge in [-0.25, -0.2) is 19.2 Å². The number of furan rings is 3. The molecule has 3 aromatic heterocycles. The van der Waals surface area contributed by atoms with E-state index >= 15 is 0 Å². The zero-order valence-corrected chi connectivity index (χ0v) is 34.7. The highest BCUT2D eigenvalue weighted by molar-refractivity contribution is 6.34. The molecule has 58 heavy (non-hydrogen) atoms. The Morgan fingerprint density at radius 3 is 1.29 bits per heavy atom. The van der Waals surface area contributed by atoms with Crippen LogP contribution < -0.4 is 29.7 Å². The summed E-state index contributed by atoms with van der Waals surface area (Å²) in [7, 11) is 2.57. The Kier molecular flexibility index (Phi) is 20.0. The quantitative estimate of drug-likeness (QED) is 0.0630. The number of halogens is 4. The van der Waals surface area contributed by atoms with Gasteiger partial charge >= 0.3 is 23.9 Å². The van der Waals surface area contributed by atoms with Crippen LogP contribution in [0.3, 0.4) is 0 Å². The van der Waals surface area contributed by atoms with Gasteiger partial charge in [-0.1, -0.05) is 46.9 Å².